The maximum Gasteiger partial charge on any atom is 0.0109 e. The monoisotopic (exact) mass is 269 g/mol. The Morgan fingerprint density at radius 1 is 0.947 bits per heavy atom. The summed E-state index contributed by atoms with van der Waals surface area (Å²) < 4.78 is 0. The van der Waals surface area contributed by atoms with E-state index in [0.717, 1.165) is 13.1 Å². The minimum atomic E-state index is 0.461. The molecule has 0 unspecified atom stereocenters. The van der Waals surface area contributed by atoms with Crippen LogP contribution >= 0.6 is 0 Å². The molecule has 0 bridgehead atoms. The Kier molecular flexibility index (Phi) is 7.96. The van der Waals surface area contributed by atoms with Crippen LogP contribution in [0.1, 0.15) is 51.9 Å². The van der Waals surface area contributed by atoms with Crippen LogP contribution in [0.15, 0.2) is 0 Å². The van der Waals surface area contributed by atoms with Gasteiger partial charge in [-0.1, -0.05) is 26.2 Å². The molecule has 0 aromatic rings. The lowest BCUT2D eigenvalue weighted by atomic mass is 9.72. The largest absolute Gasteiger partial charge is 0.330 e. The molecule has 114 valence electrons. The van der Waals surface area contributed by atoms with E-state index in [1.54, 1.807) is 0 Å². The highest BCUT2D eigenvalue weighted by molar-refractivity contribution is 4.84. The molecule has 1 saturated carbocycles. The van der Waals surface area contributed by atoms with E-state index in [2.05, 4.69) is 30.8 Å². The van der Waals surface area contributed by atoms with Gasteiger partial charge in [0.2, 0.25) is 0 Å². The molecule has 1 aliphatic rings. The van der Waals surface area contributed by atoms with E-state index in [9.17, 15) is 0 Å². The predicted octanol–water partition coefficient (Wildman–Crippen LogP) is 2.56. The number of hydrogen-bond donors (Lipinski definition) is 1. The molecule has 1 fully saturated rings. The highest BCUT2D eigenvalue weighted by atomic mass is 15.2. The number of nitrogens with zero attached hydrogens (tertiary/aromatic N) is 2. The van der Waals surface area contributed by atoms with Gasteiger partial charge in [-0.05, 0) is 64.8 Å². The Labute approximate surface area is 120 Å². The van der Waals surface area contributed by atoms with Crippen molar-refractivity contribution in [3.63, 3.8) is 0 Å². The molecule has 2 N–H and O–H groups in total. The first-order chi connectivity index (χ1) is 9.12. The molecule has 0 heterocycles. The molecule has 0 amide bonds. The molecule has 0 spiro atoms. The number of rotatable bonds is 9. The summed E-state index contributed by atoms with van der Waals surface area (Å²) in [5.41, 5.74) is 6.55. The van der Waals surface area contributed by atoms with Crippen molar-refractivity contribution in [1.29, 1.82) is 0 Å². The summed E-state index contributed by atoms with van der Waals surface area (Å²) >= 11 is 0. The van der Waals surface area contributed by atoms with Crippen LogP contribution in [0.5, 0.6) is 0 Å². The molecule has 0 atom stereocenters. The molecule has 3 nitrogen and oxygen atoms in total. The van der Waals surface area contributed by atoms with E-state index >= 15 is 0 Å². The van der Waals surface area contributed by atoms with E-state index in [-0.39, 0.29) is 0 Å². The summed E-state index contributed by atoms with van der Waals surface area (Å²) in [5, 5.41) is 0. The number of nitrogens with two attached hydrogens (primary N) is 1. The van der Waals surface area contributed by atoms with E-state index in [1.807, 2.05) is 0 Å². The smallest absolute Gasteiger partial charge is 0.0109 e. The van der Waals surface area contributed by atoms with Crippen LogP contribution in [0.3, 0.4) is 0 Å². The quantitative estimate of drug-likeness (QED) is 0.698. The molecule has 0 aromatic heterocycles. The second-order valence-corrected chi connectivity index (χ2v) is 6.66. The van der Waals surface area contributed by atoms with Crippen molar-refractivity contribution in [2.24, 2.45) is 11.1 Å². The van der Waals surface area contributed by atoms with Gasteiger partial charge in [0.05, 0.1) is 0 Å². The summed E-state index contributed by atoms with van der Waals surface area (Å²) in [6.45, 7) is 7.99. The fourth-order valence-corrected chi connectivity index (χ4v) is 3.25. The second kappa shape index (κ2) is 8.93. The van der Waals surface area contributed by atoms with Gasteiger partial charge in [0.1, 0.15) is 0 Å². The average molecular weight is 269 g/mol. The number of hydrogen-bond acceptors (Lipinski definition) is 3. The van der Waals surface area contributed by atoms with Crippen molar-refractivity contribution in [3.8, 4) is 0 Å². The summed E-state index contributed by atoms with van der Waals surface area (Å²) in [7, 11) is 4.32. The second-order valence-electron chi connectivity index (χ2n) is 6.66. The number of likely N-dealkylation sites (N-methyl/N-ethyl adjacent to an activating group) is 1. The summed E-state index contributed by atoms with van der Waals surface area (Å²) in [5.74, 6) is 0. The maximum absolute atomic E-state index is 6.09. The van der Waals surface area contributed by atoms with Gasteiger partial charge in [-0.25, -0.2) is 0 Å². The van der Waals surface area contributed by atoms with Crippen molar-refractivity contribution in [3.05, 3.63) is 0 Å². The first-order valence-corrected chi connectivity index (χ1v) is 8.19. The Bertz CT molecular complexity index is 222. The van der Waals surface area contributed by atoms with Crippen LogP contribution in [0, 0.1) is 5.41 Å². The van der Waals surface area contributed by atoms with Gasteiger partial charge in [0, 0.05) is 13.1 Å². The zero-order chi connectivity index (χ0) is 14.1. The molecule has 0 radical (unpaired) electrons. The van der Waals surface area contributed by atoms with E-state index in [4.69, 9.17) is 5.73 Å². The van der Waals surface area contributed by atoms with E-state index in [1.165, 1.54) is 64.6 Å². The first-order valence-electron chi connectivity index (χ1n) is 8.19. The SMILES string of the molecule is CCCN(CCN(C)C)CCC1(CN)CCCCC1. The van der Waals surface area contributed by atoms with Gasteiger partial charge in [0.25, 0.3) is 0 Å². The Balaban J connectivity index is 2.39. The van der Waals surface area contributed by atoms with Crippen LogP contribution in [-0.4, -0.2) is 56.6 Å². The molecule has 1 rings (SSSR count). The Morgan fingerprint density at radius 3 is 2.16 bits per heavy atom. The van der Waals surface area contributed by atoms with Gasteiger partial charge in [-0.15, -0.1) is 0 Å². The Morgan fingerprint density at radius 2 is 1.63 bits per heavy atom. The van der Waals surface area contributed by atoms with Gasteiger partial charge in [-0.3, -0.25) is 0 Å². The molecule has 0 aliphatic heterocycles. The predicted molar refractivity (Wildman–Crippen MR) is 84.5 cm³/mol. The third kappa shape index (κ3) is 6.24. The van der Waals surface area contributed by atoms with Crippen LogP contribution < -0.4 is 5.73 Å². The third-order valence-corrected chi connectivity index (χ3v) is 4.71. The normalized spacial score (nSPS) is 19.3. The van der Waals surface area contributed by atoms with Gasteiger partial charge in [-0.2, -0.15) is 0 Å². The van der Waals surface area contributed by atoms with Crippen molar-refractivity contribution >= 4 is 0 Å². The summed E-state index contributed by atoms with van der Waals surface area (Å²) in [6.07, 6.45) is 9.47. The standard InChI is InChI=1S/C16H35N3/c1-4-11-19(14-13-18(2)3)12-10-16(15-17)8-6-5-7-9-16/h4-15,17H2,1-3H3. The lowest BCUT2D eigenvalue weighted by Gasteiger charge is -2.38. The molecule has 0 saturated heterocycles. The summed E-state index contributed by atoms with van der Waals surface area (Å²) in [6, 6.07) is 0. The van der Waals surface area contributed by atoms with Crippen molar-refractivity contribution < 1.29 is 0 Å². The first kappa shape index (κ1) is 16.9. The highest BCUT2D eigenvalue weighted by Gasteiger charge is 2.30. The zero-order valence-corrected chi connectivity index (χ0v) is 13.5. The van der Waals surface area contributed by atoms with Crippen molar-refractivity contribution in [2.75, 3.05) is 46.8 Å². The van der Waals surface area contributed by atoms with Gasteiger partial charge < -0.3 is 15.5 Å². The molecule has 1 aliphatic carbocycles. The molecular formula is C16H35N3. The van der Waals surface area contributed by atoms with Gasteiger partial charge in [0.15, 0.2) is 0 Å². The van der Waals surface area contributed by atoms with Crippen LogP contribution in [0.4, 0.5) is 0 Å². The van der Waals surface area contributed by atoms with E-state index in [0.29, 0.717) is 5.41 Å². The highest BCUT2D eigenvalue weighted by Crippen LogP contribution is 2.38. The fraction of sp³-hybridized carbons (Fsp3) is 1.00. The third-order valence-electron chi connectivity index (χ3n) is 4.71. The lowest BCUT2D eigenvalue weighted by Crippen LogP contribution is -2.39. The van der Waals surface area contributed by atoms with E-state index < -0.39 is 0 Å². The molecule has 3 heteroatoms. The molecular weight excluding hydrogens is 234 g/mol. The van der Waals surface area contributed by atoms with Crippen molar-refractivity contribution in [2.45, 2.75) is 51.9 Å². The zero-order valence-electron chi connectivity index (χ0n) is 13.5. The lowest BCUT2D eigenvalue weighted by molar-refractivity contribution is 0.142. The molecule has 0 aromatic carbocycles. The average Bonchev–Trinajstić information content (AvgIpc) is 2.43. The minimum Gasteiger partial charge on any atom is -0.330 e. The maximum atomic E-state index is 6.09. The van der Waals surface area contributed by atoms with Crippen molar-refractivity contribution in [1.82, 2.24) is 9.80 Å². The summed E-state index contributed by atoms with van der Waals surface area (Å²) in [4.78, 5) is 4.91. The molecule has 19 heavy (non-hydrogen) atoms. The van der Waals surface area contributed by atoms with Crippen LogP contribution in [0.2, 0.25) is 0 Å². The minimum absolute atomic E-state index is 0.461. The van der Waals surface area contributed by atoms with Crippen LogP contribution in [-0.2, 0) is 0 Å². The van der Waals surface area contributed by atoms with Crippen LogP contribution in [0.25, 0.3) is 0 Å². The Hall–Kier alpha value is -0.120. The topological polar surface area (TPSA) is 32.5 Å². The van der Waals surface area contributed by atoms with Gasteiger partial charge >= 0.3 is 0 Å². The fourth-order valence-electron chi connectivity index (χ4n) is 3.25.